The van der Waals surface area contributed by atoms with Crippen LogP contribution in [0.1, 0.15) is 15.7 Å². The summed E-state index contributed by atoms with van der Waals surface area (Å²) < 4.78 is 39.6. The quantitative estimate of drug-likeness (QED) is 0.495. The summed E-state index contributed by atoms with van der Waals surface area (Å²) in [6.45, 7) is 4.43. The summed E-state index contributed by atoms with van der Waals surface area (Å²) in [4.78, 5) is 19.5. The van der Waals surface area contributed by atoms with Gasteiger partial charge in [-0.3, -0.25) is 9.52 Å². The van der Waals surface area contributed by atoms with E-state index in [2.05, 4.69) is 19.9 Å². The molecule has 0 bridgehead atoms. The van der Waals surface area contributed by atoms with Gasteiger partial charge in [-0.15, -0.1) is 11.3 Å². The molecular formula is C23H29ClFN5O3S2. The molecule has 1 aromatic heterocycles. The van der Waals surface area contributed by atoms with Crippen LogP contribution >= 0.6 is 22.9 Å². The zero-order valence-corrected chi connectivity index (χ0v) is 21.2. The molecule has 2 saturated heterocycles. The number of halogens is 2. The Morgan fingerprint density at radius 1 is 1.11 bits per heavy atom. The van der Waals surface area contributed by atoms with Gasteiger partial charge in [-0.25, -0.2) is 17.8 Å². The lowest BCUT2D eigenvalue weighted by atomic mass is 10.2. The first-order valence-corrected chi connectivity index (χ1v) is 13.8. The summed E-state index contributed by atoms with van der Waals surface area (Å²) >= 11 is 7.17. The fraction of sp³-hybridized carbons (Fsp3) is 0.304. The van der Waals surface area contributed by atoms with Crippen LogP contribution in [0.2, 0.25) is 5.02 Å². The van der Waals surface area contributed by atoms with Gasteiger partial charge in [-0.05, 0) is 48.9 Å². The second kappa shape index (κ2) is 11.3. The topological polar surface area (TPSA) is 94.6 Å². The zero-order valence-electron chi connectivity index (χ0n) is 18.8. The van der Waals surface area contributed by atoms with E-state index in [1.165, 1.54) is 41.8 Å². The van der Waals surface area contributed by atoms with E-state index in [4.69, 9.17) is 11.6 Å². The molecule has 2 aromatic carbocycles. The van der Waals surface area contributed by atoms with E-state index in [-0.39, 0.29) is 19.5 Å². The molecule has 3 heterocycles. The number of nitrogens with one attached hydrogen (secondary N) is 2. The van der Waals surface area contributed by atoms with Crippen LogP contribution in [0.25, 0.3) is 0 Å². The van der Waals surface area contributed by atoms with Gasteiger partial charge >= 0.3 is 0 Å². The SMILES string of the molecule is Fc1ccc(N2CCNCC2)c(Cl)c1.O=C1CCCN1c1ccc(S(=O)(=O)Nc2nccs2)cc1.[HH].[HH]. The van der Waals surface area contributed by atoms with Gasteiger partial charge in [0.2, 0.25) is 5.91 Å². The van der Waals surface area contributed by atoms with Crippen molar-refractivity contribution in [3.05, 3.63) is 64.9 Å². The molecule has 0 radical (unpaired) electrons. The Hall–Kier alpha value is -2.73. The van der Waals surface area contributed by atoms with Crippen LogP contribution in [0.15, 0.2) is 58.9 Å². The van der Waals surface area contributed by atoms with Crippen molar-refractivity contribution in [3.8, 4) is 0 Å². The van der Waals surface area contributed by atoms with Crippen molar-refractivity contribution in [1.82, 2.24) is 10.3 Å². The van der Waals surface area contributed by atoms with Gasteiger partial charge < -0.3 is 15.1 Å². The maximum absolute atomic E-state index is 12.8. The van der Waals surface area contributed by atoms with Gasteiger partial charge in [0.15, 0.2) is 5.13 Å². The highest BCUT2D eigenvalue weighted by Gasteiger charge is 2.22. The molecule has 1 amide bonds. The van der Waals surface area contributed by atoms with Gasteiger partial charge in [-0.1, -0.05) is 11.6 Å². The van der Waals surface area contributed by atoms with E-state index in [9.17, 15) is 17.6 Å². The van der Waals surface area contributed by atoms with Crippen molar-refractivity contribution in [3.63, 3.8) is 0 Å². The third-order valence-electron chi connectivity index (χ3n) is 5.55. The second-order valence-electron chi connectivity index (χ2n) is 7.92. The van der Waals surface area contributed by atoms with Crippen LogP contribution in [0, 0.1) is 5.82 Å². The molecule has 5 rings (SSSR count). The van der Waals surface area contributed by atoms with Gasteiger partial charge in [0.25, 0.3) is 10.0 Å². The molecule has 0 unspecified atom stereocenters. The fourth-order valence-electron chi connectivity index (χ4n) is 3.82. The number of rotatable bonds is 5. The molecule has 0 saturated carbocycles. The fourth-order valence-corrected chi connectivity index (χ4v) is 5.89. The molecule has 2 aliphatic rings. The molecule has 0 spiro atoms. The third kappa shape index (κ3) is 6.49. The van der Waals surface area contributed by atoms with Gasteiger partial charge in [0, 0.05) is 59.3 Å². The molecule has 0 aliphatic carbocycles. The Bertz CT molecular complexity index is 1260. The minimum absolute atomic E-state index is 0. The smallest absolute Gasteiger partial charge is 0.263 e. The molecule has 2 aliphatic heterocycles. The van der Waals surface area contributed by atoms with Gasteiger partial charge in [-0.2, -0.15) is 0 Å². The Morgan fingerprint density at radius 2 is 1.86 bits per heavy atom. The summed E-state index contributed by atoms with van der Waals surface area (Å²) in [5.74, 6) is -0.208. The molecule has 8 nitrogen and oxygen atoms in total. The lowest BCUT2D eigenvalue weighted by molar-refractivity contribution is -0.117. The number of carbonyl (C=O) groups is 1. The first-order chi connectivity index (χ1) is 16.8. The number of piperazine rings is 1. The molecule has 0 atom stereocenters. The molecule has 190 valence electrons. The Kier molecular flexibility index (Phi) is 8.22. The third-order valence-corrected chi connectivity index (χ3v) is 8.03. The highest BCUT2D eigenvalue weighted by Crippen LogP contribution is 2.27. The lowest BCUT2D eigenvalue weighted by Crippen LogP contribution is -2.43. The van der Waals surface area contributed by atoms with E-state index >= 15 is 0 Å². The van der Waals surface area contributed by atoms with Crippen molar-refractivity contribution in [2.24, 2.45) is 0 Å². The number of aromatic nitrogens is 1. The van der Waals surface area contributed by atoms with E-state index in [0.717, 1.165) is 44.0 Å². The second-order valence-corrected chi connectivity index (χ2v) is 10.9. The lowest BCUT2D eigenvalue weighted by Gasteiger charge is -2.30. The molecular weight excluding hydrogens is 513 g/mol. The van der Waals surface area contributed by atoms with Gasteiger partial charge in [0.1, 0.15) is 5.82 Å². The highest BCUT2D eigenvalue weighted by molar-refractivity contribution is 7.93. The van der Waals surface area contributed by atoms with Crippen molar-refractivity contribution in [1.29, 1.82) is 0 Å². The average molecular weight is 542 g/mol. The minimum Gasteiger partial charge on any atom is -0.368 e. The maximum Gasteiger partial charge on any atom is 0.263 e. The molecule has 2 fully saturated rings. The maximum atomic E-state index is 12.8. The largest absolute Gasteiger partial charge is 0.368 e. The van der Waals surface area contributed by atoms with E-state index in [1.54, 1.807) is 28.5 Å². The monoisotopic (exact) mass is 541 g/mol. The summed E-state index contributed by atoms with van der Waals surface area (Å²) in [6.07, 6.45) is 2.92. The van der Waals surface area contributed by atoms with Crippen molar-refractivity contribution in [2.75, 3.05) is 47.2 Å². The van der Waals surface area contributed by atoms with Crippen molar-refractivity contribution >= 4 is 55.4 Å². The van der Waals surface area contributed by atoms with Gasteiger partial charge in [0.05, 0.1) is 15.6 Å². The number of benzene rings is 2. The first kappa shape index (κ1) is 25.4. The van der Waals surface area contributed by atoms with Crippen LogP contribution < -0.4 is 19.8 Å². The van der Waals surface area contributed by atoms with E-state index in [0.29, 0.717) is 23.1 Å². The summed E-state index contributed by atoms with van der Waals surface area (Å²) in [5, 5.41) is 5.77. The first-order valence-electron chi connectivity index (χ1n) is 11.1. The van der Waals surface area contributed by atoms with Crippen LogP contribution in [-0.2, 0) is 14.8 Å². The Balaban J connectivity index is 0.000000265. The molecule has 2 N–H and O–H groups in total. The average Bonchev–Trinajstić information content (AvgIpc) is 3.51. The Morgan fingerprint density at radius 3 is 2.46 bits per heavy atom. The number of thiazole rings is 1. The van der Waals surface area contributed by atoms with E-state index in [1.807, 2.05) is 0 Å². The van der Waals surface area contributed by atoms with Crippen molar-refractivity contribution < 1.29 is 20.5 Å². The summed E-state index contributed by atoms with van der Waals surface area (Å²) in [6, 6.07) is 10.8. The number of hydrogen-bond donors (Lipinski definition) is 2. The number of nitrogens with zero attached hydrogens (tertiary/aromatic N) is 3. The number of anilines is 3. The highest BCUT2D eigenvalue weighted by atomic mass is 35.5. The summed E-state index contributed by atoms with van der Waals surface area (Å²) in [5.41, 5.74) is 1.65. The minimum atomic E-state index is -3.64. The predicted octanol–water partition coefficient (Wildman–Crippen LogP) is 4.45. The zero-order chi connectivity index (χ0) is 24.8. The van der Waals surface area contributed by atoms with Crippen LogP contribution in [0.3, 0.4) is 0 Å². The molecule has 12 heteroatoms. The number of hydrogen-bond acceptors (Lipinski definition) is 7. The number of carbonyl (C=O) groups excluding carboxylic acids is 1. The normalized spacial score (nSPS) is 16.1. The molecule has 35 heavy (non-hydrogen) atoms. The number of amides is 1. The summed E-state index contributed by atoms with van der Waals surface area (Å²) in [7, 11) is -3.64. The number of sulfonamides is 1. The van der Waals surface area contributed by atoms with Crippen molar-refractivity contribution in [2.45, 2.75) is 17.7 Å². The Labute approximate surface area is 215 Å². The van der Waals surface area contributed by atoms with Crippen LogP contribution in [0.5, 0.6) is 0 Å². The van der Waals surface area contributed by atoms with E-state index < -0.39 is 10.0 Å². The molecule has 3 aromatic rings. The van der Waals surface area contributed by atoms with Crippen LogP contribution in [0.4, 0.5) is 20.9 Å². The van der Waals surface area contributed by atoms with Crippen LogP contribution in [-0.4, -0.2) is 52.0 Å². The predicted molar refractivity (Wildman–Crippen MR) is 142 cm³/mol. The standard InChI is InChI=1S/C13H13N3O3S2.C10H12ClFN2.2H2/c17-12-2-1-8-16(12)10-3-5-11(6-4-10)21(18,19)15-13-14-7-9-20-13;11-9-7-8(12)1-2-10(9)14-5-3-13-4-6-14;;/h3-7,9H,1-2,8H2,(H,14,15);1-2,7,13H,3-6H2;2*1H.